The molecule has 0 aliphatic heterocycles. The molecule has 2 N–H and O–H groups in total. The second-order valence-electron chi connectivity index (χ2n) is 4.97. The predicted octanol–water partition coefficient (Wildman–Crippen LogP) is 4.36. The van der Waals surface area contributed by atoms with Crippen molar-refractivity contribution in [2.24, 2.45) is 0 Å². The van der Waals surface area contributed by atoms with E-state index in [1.54, 1.807) is 42.5 Å². The van der Waals surface area contributed by atoms with E-state index in [-0.39, 0.29) is 24.8 Å². The molecule has 0 aliphatic carbocycles. The molecule has 0 saturated carbocycles. The molecule has 2 amide bonds. The number of nitrogens with one attached hydrogen (secondary N) is 2. The summed E-state index contributed by atoms with van der Waals surface area (Å²) < 4.78 is 5.47. The van der Waals surface area contributed by atoms with Crippen molar-refractivity contribution in [1.82, 2.24) is 0 Å². The fourth-order valence-corrected chi connectivity index (χ4v) is 2.22. The van der Waals surface area contributed by atoms with Gasteiger partial charge in [0.25, 0.3) is 0 Å². The fourth-order valence-electron chi connectivity index (χ4n) is 1.92. The van der Waals surface area contributed by atoms with Crippen LogP contribution in [0.2, 0.25) is 10.0 Å². The van der Waals surface area contributed by atoms with Crippen LogP contribution in [0.4, 0.5) is 11.4 Å². The van der Waals surface area contributed by atoms with Crippen molar-refractivity contribution in [3.05, 3.63) is 52.5 Å². The lowest BCUT2D eigenvalue weighted by molar-refractivity contribution is -0.117. The molecule has 0 fully saturated rings. The third-order valence-corrected chi connectivity index (χ3v) is 3.46. The molecule has 0 aromatic heterocycles. The minimum absolute atomic E-state index is 0.147. The Labute approximate surface area is 149 Å². The van der Waals surface area contributed by atoms with Crippen LogP contribution < -0.4 is 15.4 Å². The van der Waals surface area contributed by atoms with Gasteiger partial charge in [0.05, 0.1) is 24.4 Å². The van der Waals surface area contributed by atoms with Gasteiger partial charge in [-0.3, -0.25) is 9.59 Å². The first-order valence-electron chi connectivity index (χ1n) is 7.19. The number of amides is 2. The number of ether oxygens (including phenoxy) is 1. The normalized spacial score (nSPS) is 10.1. The Kier molecular flexibility index (Phi) is 6.46. The first-order chi connectivity index (χ1) is 11.4. The first-order valence-corrected chi connectivity index (χ1v) is 7.95. The molecule has 0 saturated heterocycles. The van der Waals surface area contributed by atoms with E-state index >= 15 is 0 Å². The van der Waals surface area contributed by atoms with E-state index in [4.69, 9.17) is 27.9 Å². The minimum Gasteiger partial charge on any atom is -0.493 e. The lowest BCUT2D eigenvalue weighted by Gasteiger charge is -2.12. The molecular weight excluding hydrogens is 351 g/mol. The Morgan fingerprint density at radius 1 is 0.958 bits per heavy atom. The maximum atomic E-state index is 12.0. The smallest absolute Gasteiger partial charge is 0.227 e. The van der Waals surface area contributed by atoms with Crippen LogP contribution >= 0.6 is 23.2 Å². The summed E-state index contributed by atoms with van der Waals surface area (Å²) in [5.41, 5.74) is 0.924. The highest BCUT2D eigenvalue weighted by atomic mass is 35.5. The van der Waals surface area contributed by atoms with Crippen LogP contribution in [0.15, 0.2) is 42.5 Å². The summed E-state index contributed by atoms with van der Waals surface area (Å²) in [4.78, 5) is 23.2. The average Bonchev–Trinajstić information content (AvgIpc) is 2.51. The largest absolute Gasteiger partial charge is 0.493 e. The molecule has 0 radical (unpaired) electrons. The summed E-state index contributed by atoms with van der Waals surface area (Å²) in [5, 5.41) is 6.42. The molecule has 0 unspecified atom stereocenters. The third-order valence-electron chi connectivity index (χ3n) is 2.98. The summed E-state index contributed by atoms with van der Waals surface area (Å²) in [6.45, 7) is 1.60. The number of carbonyl (C=O) groups excluding carboxylic acids is 2. The molecule has 0 atom stereocenters. The van der Waals surface area contributed by atoms with Crippen LogP contribution in [0, 0.1) is 0 Å². The average molecular weight is 367 g/mol. The Morgan fingerprint density at radius 2 is 1.62 bits per heavy atom. The van der Waals surface area contributed by atoms with Gasteiger partial charge in [0, 0.05) is 17.0 Å². The molecule has 2 rings (SSSR count). The van der Waals surface area contributed by atoms with Crippen LogP contribution in [0.3, 0.4) is 0 Å². The van der Waals surface area contributed by atoms with Gasteiger partial charge in [-0.1, -0.05) is 23.2 Å². The Hall–Kier alpha value is -2.24. The van der Waals surface area contributed by atoms with E-state index in [9.17, 15) is 9.59 Å². The molecule has 0 spiro atoms. The molecule has 24 heavy (non-hydrogen) atoms. The number of halogens is 2. The second kappa shape index (κ2) is 8.57. The first kappa shape index (κ1) is 18.1. The highest BCUT2D eigenvalue weighted by molar-refractivity contribution is 6.31. The number of carbonyl (C=O) groups is 2. The number of rotatable bonds is 6. The summed E-state index contributed by atoms with van der Waals surface area (Å²) in [5.74, 6) is 0.144. The second-order valence-corrected chi connectivity index (χ2v) is 5.84. The quantitative estimate of drug-likeness (QED) is 0.797. The number of anilines is 2. The van der Waals surface area contributed by atoms with Crippen molar-refractivity contribution < 1.29 is 14.3 Å². The summed E-state index contributed by atoms with van der Waals surface area (Å²) in [6, 6.07) is 11.7. The number of hydrogen-bond donors (Lipinski definition) is 2. The molecule has 0 bridgehead atoms. The molecule has 0 heterocycles. The Bertz CT molecular complexity index is 733. The van der Waals surface area contributed by atoms with Crippen LogP contribution in [0.5, 0.6) is 5.75 Å². The SMILES string of the molecule is CC(=O)Nc1ccc(Cl)cc1NC(=O)CCOc1ccc(Cl)cc1. The maximum Gasteiger partial charge on any atom is 0.227 e. The zero-order valence-corrected chi connectivity index (χ0v) is 14.4. The van der Waals surface area contributed by atoms with Crippen molar-refractivity contribution in [2.45, 2.75) is 13.3 Å². The van der Waals surface area contributed by atoms with Crippen molar-refractivity contribution in [1.29, 1.82) is 0 Å². The molecular formula is C17H16Cl2N2O3. The van der Waals surface area contributed by atoms with Crippen LogP contribution in [-0.4, -0.2) is 18.4 Å². The molecule has 5 nitrogen and oxygen atoms in total. The van der Waals surface area contributed by atoms with Crippen molar-refractivity contribution >= 4 is 46.4 Å². The Balaban J connectivity index is 1.90. The van der Waals surface area contributed by atoms with Crippen molar-refractivity contribution in [2.75, 3.05) is 17.2 Å². The van der Waals surface area contributed by atoms with Crippen molar-refractivity contribution in [3.8, 4) is 5.75 Å². The van der Waals surface area contributed by atoms with Gasteiger partial charge in [-0.05, 0) is 42.5 Å². The van der Waals surface area contributed by atoms with Crippen LogP contribution in [-0.2, 0) is 9.59 Å². The van der Waals surface area contributed by atoms with E-state index < -0.39 is 0 Å². The van der Waals surface area contributed by atoms with Gasteiger partial charge in [-0.2, -0.15) is 0 Å². The molecule has 0 aliphatic rings. The molecule has 2 aromatic rings. The van der Waals surface area contributed by atoms with E-state index in [0.29, 0.717) is 27.2 Å². The van der Waals surface area contributed by atoms with Gasteiger partial charge < -0.3 is 15.4 Å². The van der Waals surface area contributed by atoms with E-state index in [1.807, 2.05) is 0 Å². The van der Waals surface area contributed by atoms with E-state index in [2.05, 4.69) is 10.6 Å². The maximum absolute atomic E-state index is 12.0. The number of benzene rings is 2. The molecule has 7 heteroatoms. The van der Waals surface area contributed by atoms with E-state index in [1.165, 1.54) is 6.92 Å². The highest BCUT2D eigenvalue weighted by Crippen LogP contribution is 2.26. The summed E-state index contributed by atoms with van der Waals surface area (Å²) in [7, 11) is 0. The van der Waals surface area contributed by atoms with Gasteiger partial charge in [-0.15, -0.1) is 0 Å². The fraction of sp³-hybridized carbons (Fsp3) is 0.176. The van der Waals surface area contributed by atoms with Gasteiger partial charge in [-0.25, -0.2) is 0 Å². The highest BCUT2D eigenvalue weighted by Gasteiger charge is 2.09. The molecule has 126 valence electrons. The topological polar surface area (TPSA) is 67.4 Å². The predicted molar refractivity (Wildman–Crippen MR) is 95.9 cm³/mol. The van der Waals surface area contributed by atoms with Crippen LogP contribution in [0.25, 0.3) is 0 Å². The summed E-state index contributed by atoms with van der Waals surface area (Å²) in [6.07, 6.45) is 0.147. The van der Waals surface area contributed by atoms with Crippen LogP contribution in [0.1, 0.15) is 13.3 Å². The zero-order valence-electron chi connectivity index (χ0n) is 12.9. The van der Waals surface area contributed by atoms with Gasteiger partial charge in [0.15, 0.2) is 0 Å². The monoisotopic (exact) mass is 366 g/mol. The lowest BCUT2D eigenvalue weighted by Crippen LogP contribution is -2.17. The van der Waals surface area contributed by atoms with Gasteiger partial charge >= 0.3 is 0 Å². The summed E-state index contributed by atoms with van der Waals surface area (Å²) >= 11 is 11.7. The van der Waals surface area contributed by atoms with E-state index in [0.717, 1.165) is 0 Å². The lowest BCUT2D eigenvalue weighted by atomic mass is 10.2. The van der Waals surface area contributed by atoms with Gasteiger partial charge in [0.2, 0.25) is 11.8 Å². The van der Waals surface area contributed by atoms with Crippen molar-refractivity contribution in [3.63, 3.8) is 0 Å². The zero-order chi connectivity index (χ0) is 17.5. The minimum atomic E-state index is -0.252. The van der Waals surface area contributed by atoms with Gasteiger partial charge in [0.1, 0.15) is 5.75 Å². The standard InChI is InChI=1S/C17H16Cl2N2O3/c1-11(22)20-15-7-4-13(19)10-16(15)21-17(23)8-9-24-14-5-2-12(18)3-6-14/h2-7,10H,8-9H2,1H3,(H,20,22)(H,21,23). The Morgan fingerprint density at radius 3 is 2.29 bits per heavy atom. The number of hydrogen-bond acceptors (Lipinski definition) is 3. The third kappa shape index (κ3) is 5.76. The molecule has 2 aromatic carbocycles.